The number of ether oxygens (including phenoxy) is 2. The third-order valence-electron chi connectivity index (χ3n) is 6.10. The van der Waals surface area contributed by atoms with Gasteiger partial charge in [-0.3, -0.25) is 4.90 Å². The molecule has 1 fully saturated rings. The van der Waals surface area contributed by atoms with Crippen molar-refractivity contribution >= 4 is 35.1 Å². The van der Waals surface area contributed by atoms with Gasteiger partial charge in [0, 0.05) is 5.92 Å². The van der Waals surface area contributed by atoms with Crippen LogP contribution in [0.2, 0.25) is 5.28 Å². The van der Waals surface area contributed by atoms with Crippen molar-refractivity contribution in [3.05, 3.63) is 46.8 Å². The summed E-state index contributed by atoms with van der Waals surface area (Å²) in [5.41, 5.74) is -0.0954. The number of amides is 2. The number of halogens is 2. The molecule has 12 heteroatoms. The van der Waals surface area contributed by atoms with Crippen LogP contribution in [0, 0.1) is 17.8 Å². The Kier molecular flexibility index (Phi) is 9.06. The second-order valence-electron chi connectivity index (χ2n) is 12.3. The molecular formula is C30H37ClFN5O5. The Morgan fingerprint density at radius 1 is 1.24 bits per heavy atom. The Morgan fingerprint density at radius 2 is 1.93 bits per heavy atom. The average molecular weight is 602 g/mol. The molecule has 2 amide bonds. The SMILES string of the molecule is C[C@H](F)[C@@H](Cc1cc2c(N(Cc3ccco3)C(=O)OC(C)(C)C)nc(Cl)nn2c1C#CC1CC1)NC(=O)OC(C)(C)C. The van der Waals surface area contributed by atoms with E-state index >= 15 is 0 Å². The smallest absolute Gasteiger partial charge is 0.416 e. The molecule has 1 aliphatic carbocycles. The van der Waals surface area contributed by atoms with Crippen molar-refractivity contribution in [2.45, 2.75) is 97.7 Å². The molecule has 0 unspecified atom stereocenters. The lowest BCUT2D eigenvalue weighted by Gasteiger charge is -2.26. The minimum Gasteiger partial charge on any atom is -0.467 e. The van der Waals surface area contributed by atoms with Crippen LogP contribution in [-0.4, -0.2) is 50.2 Å². The van der Waals surface area contributed by atoms with Gasteiger partial charge in [0.25, 0.3) is 0 Å². The van der Waals surface area contributed by atoms with Crippen LogP contribution in [0.25, 0.3) is 5.52 Å². The molecule has 1 aliphatic rings. The van der Waals surface area contributed by atoms with Crippen molar-refractivity contribution < 1.29 is 27.9 Å². The topological polar surface area (TPSA) is 111 Å². The summed E-state index contributed by atoms with van der Waals surface area (Å²) in [5.74, 6) is 7.31. The van der Waals surface area contributed by atoms with Gasteiger partial charge in [-0.15, -0.1) is 5.10 Å². The predicted molar refractivity (Wildman–Crippen MR) is 156 cm³/mol. The number of nitrogens with zero attached hydrogens (tertiary/aromatic N) is 4. The van der Waals surface area contributed by atoms with E-state index in [1.165, 1.54) is 22.6 Å². The Hall–Kier alpha value is -3.78. The van der Waals surface area contributed by atoms with E-state index in [4.69, 9.17) is 25.5 Å². The summed E-state index contributed by atoms with van der Waals surface area (Å²) in [4.78, 5) is 31.7. The van der Waals surface area contributed by atoms with Crippen LogP contribution >= 0.6 is 11.6 Å². The summed E-state index contributed by atoms with van der Waals surface area (Å²) >= 11 is 6.40. The molecule has 0 saturated heterocycles. The molecule has 3 heterocycles. The number of anilines is 1. The predicted octanol–water partition coefficient (Wildman–Crippen LogP) is 6.47. The first-order valence-electron chi connectivity index (χ1n) is 13.9. The first kappa shape index (κ1) is 31.2. The summed E-state index contributed by atoms with van der Waals surface area (Å²) in [7, 11) is 0. The van der Waals surface area contributed by atoms with Crippen LogP contribution in [0.4, 0.5) is 19.8 Å². The molecule has 0 spiro atoms. The van der Waals surface area contributed by atoms with Crippen LogP contribution < -0.4 is 10.2 Å². The fraction of sp³-hybridized carbons (Fsp3) is 0.533. The third-order valence-corrected chi connectivity index (χ3v) is 6.26. The van der Waals surface area contributed by atoms with Gasteiger partial charge in [-0.25, -0.2) is 18.5 Å². The summed E-state index contributed by atoms with van der Waals surface area (Å²) in [6, 6.07) is 4.23. The molecule has 42 heavy (non-hydrogen) atoms. The monoisotopic (exact) mass is 601 g/mol. The van der Waals surface area contributed by atoms with Crippen LogP contribution in [0.5, 0.6) is 0 Å². The molecule has 3 aromatic rings. The van der Waals surface area contributed by atoms with Crippen LogP contribution in [0.1, 0.15) is 78.3 Å². The van der Waals surface area contributed by atoms with Crippen molar-refractivity contribution in [3.8, 4) is 11.8 Å². The Morgan fingerprint density at radius 3 is 2.50 bits per heavy atom. The van der Waals surface area contributed by atoms with Crippen molar-refractivity contribution in [3.63, 3.8) is 0 Å². The van der Waals surface area contributed by atoms with Crippen LogP contribution in [-0.2, 0) is 22.4 Å². The van der Waals surface area contributed by atoms with E-state index in [1.54, 1.807) is 59.7 Å². The normalized spacial score (nSPS) is 15.0. The van der Waals surface area contributed by atoms with Gasteiger partial charge in [0.2, 0.25) is 5.28 Å². The van der Waals surface area contributed by atoms with Crippen LogP contribution in [0.15, 0.2) is 28.9 Å². The summed E-state index contributed by atoms with van der Waals surface area (Å²) in [6.45, 7) is 11.8. The van der Waals surface area contributed by atoms with Gasteiger partial charge in [-0.05, 0) is 109 Å². The molecule has 1 saturated carbocycles. The van der Waals surface area contributed by atoms with Gasteiger partial charge >= 0.3 is 12.2 Å². The lowest BCUT2D eigenvalue weighted by atomic mass is 10.0. The van der Waals surface area contributed by atoms with Crippen molar-refractivity contribution in [1.29, 1.82) is 0 Å². The number of alkyl halides is 1. The number of carbonyl (C=O) groups excluding carboxylic acids is 2. The number of nitrogens with one attached hydrogen (secondary N) is 1. The Labute approximate surface area is 249 Å². The molecule has 226 valence electrons. The average Bonchev–Trinajstić information content (AvgIpc) is 3.40. The van der Waals surface area contributed by atoms with E-state index in [0.717, 1.165) is 12.8 Å². The summed E-state index contributed by atoms with van der Waals surface area (Å²) < 4.78 is 32.9. The highest BCUT2D eigenvalue weighted by Gasteiger charge is 2.31. The Bertz CT molecular complexity index is 1490. The van der Waals surface area contributed by atoms with E-state index in [9.17, 15) is 14.0 Å². The molecule has 10 nitrogen and oxygen atoms in total. The molecule has 0 radical (unpaired) electrons. The molecule has 4 rings (SSSR count). The van der Waals surface area contributed by atoms with Gasteiger partial charge in [0.05, 0.1) is 18.8 Å². The van der Waals surface area contributed by atoms with Gasteiger partial charge in [-0.2, -0.15) is 4.98 Å². The molecule has 2 atom stereocenters. The molecular weight excluding hydrogens is 565 g/mol. The van der Waals surface area contributed by atoms with Crippen LogP contribution in [0.3, 0.4) is 0 Å². The second-order valence-corrected chi connectivity index (χ2v) is 12.7. The maximum absolute atomic E-state index is 14.9. The minimum absolute atomic E-state index is 0.00114. The number of hydrogen-bond donors (Lipinski definition) is 1. The first-order chi connectivity index (χ1) is 19.6. The maximum Gasteiger partial charge on any atom is 0.416 e. The second kappa shape index (κ2) is 12.2. The minimum atomic E-state index is -1.42. The highest BCUT2D eigenvalue weighted by Crippen LogP contribution is 2.31. The summed E-state index contributed by atoms with van der Waals surface area (Å²) in [5, 5.41) is 6.90. The lowest BCUT2D eigenvalue weighted by molar-refractivity contribution is 0.0476. The largest absolute Gasteiger partial charge is 0.467 e. The standard InChI is InChI=1S/C30H37ClFN5O5/c1-18(32)22(33-27(38)41-29(2,3)4)15-20-16-24-25(34-26(31)35-37(24)23(20)13-12-19-10-11-19)36(17-21-9-8-14-40-21)28(39)42-30(5,6)7/h8-9,14,16,18-19,22H,10-11,15,17H2,1-7H3,(H,33,38)/t18-,22+/m0/s1. The van der Waals surface area contributed by atoms with E-state index in [-0.39, 0.29) is 30.0 Å². The number of hydrogen-bond acceptors (Lipinski definition) is 7. The number of furan rings is 1. The zero-order valence-corrected chi connectivity index (χ0v) is 25.7. The number of carbonyl (C=O) groups is 2. The van der Waals surface area contributed by atoms with Crippen molar-refractivity contribution in [2.24, 2.45) is 5.92 Å². The molecule has 0 aromatic carbocycles. The molecule has 3 aromatic heterocycles. The van der Waals surface area contributed by atoms with E-state index < -0.39 is 35.6 Å². The fourth-order valence-corrected chi connectivity index (χ4v) is 4.23. The van der Waals surface area contributed by atoms with Gasteiger partial charge in [0.1, 0.15) is 34.3 Å². The highest BCUT2D eigenvalue weighted by molar-refractivity contribution is 6.28. The van der Waals surface area contributed by atoms with Crippen molar-refractivity contribution in [2.75, 3.05) is 4.90 Å². The molecule has 0 aliphatic heterocycles. The Balaban J connectivity index is 1.82. The molecule has 1 N–H and O–H groups in total. The number of alkyl carbamates (subject to hydrolysis) is 1. The maximum atomic E-state index is 14.9. The zero-order chi connectivity index (χ0) is 30.8. The molecule has 0 bridgehead atoms. The van der Waals surface area contributed by atoms with E-state index in [1.807, 2.05) is 0 Å². The lowest BCUT2D eigenvalue weighted by Crippen LogP contribution is -2.44. The van der Waals surface area contributed by atoms with E-state index in [2.05, 4.69) is 27.2 Å². The third kappa shape index (κ3) is 8.38. The number of aromatic nitrogens is 3. The highest BCUT2D eigenvalue weighted by atomic mass is 35.5. The quantitative estimate of drug-likeness (QED) is 0.309. The van der Waals surface area contributed by atoms with Gasteiger partial charge < -0.3 is 19.2 Å². The number of rotatable bonds is 7. The van der Waals surface area contributed by atoms with Crippen molar-refractivity contribution in [1.82, 2.24) is 19.9 Å². The first-order valence-corrected chi connectivity index (χ1v) is 14.2. The number of fused-ring (bicyclic) bond motifs is 1. The zero-order valence-electron chi connectivity index (χ0n) is 25.0. The van der Waals surface area contributed by atoms with Gasteiger partial charge in [0.15, 0.2) is 5.82 Å². The fourth-order valence-electron chi connectivity index (χ4n) is 4.07. The summed E-state index contributed by atoms with van der Waals surface area (Å²) in [6.07, 6.45) is 0.726. The van der Waals surface area contributed by atoms with E-state index in [0.29, 0.717) is 22.5 Å². The van der Waals surface area contributed by atoms with Gasteiger partial charge in [-0.1, -0.05) is 5.92 Å².